The van der Waals surface area contributed by atoms with Crippen molar-refractivity contribution >= 4 is 44.9 Å². The van der Waals surface area contributed by atoms with Crippen LogP contribution in [0.4, 0.5) is 5.69 Å². The first kappa shape index (κ1) is 23.0. The minimum atomic E-state index is -0.349. The molecule has 3 rings (SSSR count). The van der Waals surface area contributed by atoms with Crippen LogP contribution in [0.5, 0.6) is 5.75 Å². The van der Waals surface area contributed by atoms with Crippen molar-refractivity contribution in [2.24, 2.45) is 0 Å². The molecule has 0 saturated heterocycles. The molecule has 1 N–H and O–H groups in total. The molecule has 31 heavy (non-hydrogen) atoms. The maximum atomic E-state index is 12.9. The fourth-order valence-corrected chi connectivity index (χ4v) is 3.69. The number of hydrogen-bond acceptors (Lipinski definition) is 3. The molecule has 0 aromatic heterocycles. The van der Waals surface area contributed by atoms with Crippen LogP contribution in [0.2, 0.25) is 5.02 Å². The normalized spacial score (nSPS) is 11.1. The van der Waals surface area contributed by atoms with Crippen molar-refractivity contribution in [3.63, 3.8) is 0 Å². The molecule has 0 aliphatic carbocycles. The number of hydrogen-bond donors (Lipinski definition) is 1. The second-order valence-electron chi connectivity index (χ2n) is 8.15. The minimum Gasteiger partial charge on any atom is -0.482 e. The molecular formula is C25H23BrClNO3. The van der Waals surface area contributed by atoms with Gasteiger partial charge in [-0.25, -0.2) is 0 Å². The summed E-state index contributed by atoms with van der Waals surface area (Å²) < 4.78 is 6.30. The monoisotopic (exact) mass is 499 g/mol. The Bertz CT molecular complexity index is 1100. The van der Waals surface area contributed by atoms with E-state index in [1.165, 1.54) is 0 Å². The van der Waals surface area contributed by atoms with E-state index in [4.69, 9.17) is 16.3 Å². The summed E-state index contributed by atoms with van der Waals surface area (Å²) in [5.41, 5.74) is 2.81. The number of ether oxygens (including phenoxy) is 1. The molecule has 0 fully saturated rings. The van der Waals surface area contributed by atoms with E-state index in [1.807, 2.05) is 24.3 Å². The number of ketones is 1. The topological polar surface area (TPSA) is 55.4 Å². The first-order valence-electron chi connectivity index (χ1n) is 9.76. The molecule has 0 bridgehead atoms. The lowest BCUT2D eigenvalue weighted by Gasteiger charge is -2.19. The average molecular weight is 501 g/mol. The Morgan fingerprint density at radius 1 is 0.968 bits per heavy atom. The van der Waals surface area contributed by atoms with Gasteiger partial charge in [-0.3, -0.25) is 9.59 Å². The predicted molar refractivity (Wildman–Crippen MR) is 128 cm³/mol. The van der Waals surface area contributed by atoms with E-state index in [2.05, 4.69) is 42.0 Å². The van der Waals surface area contributed by atoms with Crippen molar-refractivity contribution in [3.8, 4) is 5.75 Å². The zero-order valence-electron chi connectivity index (χ0n) is 17.5. The summed E-state index contributed by atoms with van der Waals surface area (Å²) >= 11 is 9.42. The van der Waals surface area contributed by atoms with Crippen molar-refractivity contribution in [2.75, 3.05) is 11.9 Å². The van der Waals surface area contributed by atoms with Crippen molar-refractivity contribution in [1.82, 2.24) is 0 Å². The lowest BCUT2D eigenvalue weighted by Crippen LogP contribution is -2.20. The molecule has 6 heteroatoms. The Morgan fingerprint density at radius 3 is 2.32 bits per heavy atom. The highest BCUT2D eigenvalue weighted by atomic mass is 79.9. The van der Waals surface area contributed by atoms with Gasteiger partial charge < -0.3 is 10.1 Å². The second kappa shape index (κ2) is 9.67. The third-order valence-corrected chi connectivity index (χ3v) is 5.46. The van der Waals surface area contributed by atoms with E-state index in [-0.39, 0.29) is 23.7 Å². The number of anilines is 1. The van der Waals surface area contributed by atoms with Gasteiger partial charge in [0.25, 0.3) is 5.91 Å². The Morgan fingerprint density at radius 2 is 1.68 bits per heavy atom. The van der Waals surface area contributed by atoms with Gasteiger partial charge in [0.05, 0.1) is 5.02 Å². The van der Waals surface area contributed by atoms with E-state index in [1.54, 1.807) is 42.5 Å². The highest BCUT2D eigenvalue weighted by Crippen LogP contribution is 2.28. The standard InChI is InChI=1S/C25H23BrClNO3/c1-25(2,3)18-9-7-16(8-10-18)24(30)17-5-4-6-20(13-17)28-23(29)15-31-22-12-11-19(26)14-21(22)27/h4-14H,15H2,1-3H3,(H,28,29). The fraction of sp³-hybridized carbons (Fsp3) is 0.200. The molecule has 0 atom stereocenters. The molecule has 4 nitrogen and oxygen atoms in total. The molecule has 0 saturated carbocycles. The summed E-state index contributed by atoms with van der Waals surface area (Å²) in [6.07, 6.45) is 0. The predicted octanol–water partition coefficient (Wildman–Crippen LogP) is 6.65. The largest absolute Gasteiger partial charge is 0.482 e. The summed E-state index contributed by atoms with van der Waals surface area (Å²) in [5.74, 6) is -0.0322. The van der Waals surface area contributed by atoms with Gasteiger partial charge in [0.15, 0.2) is 12.4 Å². The number of carbonyl (C=O) groups excluding carboxylic acids is 2. The van der Waals surface area contributed by atoms with Gasteiger partial charge in [0.1, 0.15) is 5.75 Å². The number of amides is 1. The Balaban J connectivity index is 1.65. The van der Waals surface area contributed by atoms with Crippen LogP contribution in [0.15, 0.2) is 71.2 Å². The summed E-state index contributed by atoms with van der Waals surface area (Å²) in [7, 11) is 0. The Kier molecular flexibility index (Phi) is 7.19. The number of halogens is 2. The maximum Gasteiger partial charge on any atom is 0.262 e. The van der Waals surface area contributed by atoms with Crippen LogP contribution in [0, 0.1) is 0 Å². The SMILES string of the molecule is CC(C)(C)c1ccc(C(=O)c2cccc(NC(=O)COc3ccc(Br)cc3Cl)c2)cc1. The molecule has 1 amide bonds. The van der Waals surface area contributed by atoms with Gasteiger partial charge in [-0.2, -0.15) is 0 Å². The van der Waals surface area contributed by atoms with Gasteiger partial charge in [0, 0.05) is 21.3 Å². The van der Waals surface area contributed by atoms with Crippen LogP contribution >= 0.6 is 27.5 Å². The molecule has 0 aliphatic rings. The lowest BCUT2D eigenvalue weighted by atomic mass is 9.86. The molecule has 160 valence electrons. The van der Waals surface area contributed by atoms with E-state index >= 15 is 0 Å². The van der Waals surface area contributed by atoms with Gasteiger partial charge in [-0.15, -0.1) is 0 Å². The molecule has 3 aromatic carbocycles. The van der Waals surface area contributed by atoms with Crippen LogP contribution in [0.25, 0.3) is 0 Å². The third kappa shape index (κ3) is 6.18. The molecule has 3 aromatic rings. The molecule has 0 heterocycles. The summed E-state index contributed by atoms with van der Waals surface area (Å²) in [5, 5.41) is 3.16. The minimum absolute atomic E-state index is 0.0221. The van der Waals surface area contributed by atoms with Crippen LogP contribution in [0.1, 0.15) is 42.3 Å². The van der Waals surface area contributed by atoms with Gasteiger partial charge in [-0.1, -0.05) is 84.7 Å². The molecule has 0 radical (unpaired) electrons. The fourth-order valence-electron chi connectivity index (χ4n) is 2.96. The highest BCUT2D eigenvalue weighted by molar-refractivity contribution is 9.10. The van der Waals surface area contributed by atoms with Crippen molar-refractivity contribution < 1.29 is 14.3 Å². The smallest absolute Gasteiger partial charge is 0.262 e. The highest BCUT2D eigenvalue weighted by Gasteiger charge is 2.15. The van der Waals surface area contributed by atoms with Crippen LogP contribution in [-0.4, -0.2) is 18.3 Å². The van der Waals surface area contributed by atoms with E-state index in [0.717, 1.165) is 10.0 Å². The quantitative estimate of drug-likeness (QED) is 0.386. The first-order chi connectivity index (χ1) is 14.6. The second-order valence-corrected chi connectivity index (χ2v) is 9.47. The molecular weight excluding hydrogens is 478 g/mol. The number of carbonyl (C=O) groups is 2. The van der Waals surface area contributed by atoms with Crippen LogP contribution in [-0.2, 0) is 10.2 Å². The van der Waals surface area contributed by atoms with E-state index in [9.17, 15) is 9.59 Å². The van der Waals surface area contributed by atoms with Crippen LogP contribution < -0.4 is 10.1 Å². The van der Waals surface area contributed by atoms with Gasteiger partial charge in [-0.05, 0) is 41.3 Å². The lowest BCUT2D eigenvalue weighted by molar-refractivity contribution is -0.118. The molecule has 0 unspecified atom stereocenters. The Hall–Kier alpha value is -2.63. The van der Waals surface area contributed by atoms with Gasteiger partial charge in [0.2, 0.25) is 0 Å². The summed E-state index contributed by atoms with van der Waals surface area (Å²) in [6, 6.07) is 19.6. The maximum absolute atomic E-state index is 12.9. The zero-order valence-corrected chi connectivity index (χ0v) is 19.9. The van der Waals surface area contributed by atoms with E-state index < -0.39 is 0 Å². The molecule has 0 spiro atoms. The first-order valence-corrected chi connectivity index (χ1v) is 10.9. The average Bonchev–Trinajstić information content (AvgIpc) is 2.72. The molecule has 0 aliphatic heterocycles. The van der Waals surface area contributed by atoms with E-state index in [0.29, 0.717) is 27.6 Å². The van der Waals surface area contributed by atoms with Gasteiger partial charge >= 0.3 is 0 Å². The number of nitrogens with one attached hydrogen (secondary N) is 1. The van der Waals surface area contributed by atoms with Crippen molar-refractivity contribution in [3.05, 3.63) is 92.9 Å². The third-order valence-electron chi connectivity index (χ3n) is 4.67. The number of rotatable bonds is 6. The summed E-state index contributed by atoms with van der Waals surface area (Å²) in [4.78, 5) is 25.1. The Labute approximate surface area is 195 Å². The van der Waals surface area contributed by atoms with Crippen molar-refractivity contribution in [1.29, 1.82) is 0 Å². The van der Waals surface area contributed by atoms with Crippen molar-refractivity contribution in [2.45, 2.75) is 26.2 Å². The summed E-state index contributed by atoms with van der Waals surface area (Å²) in [6.45, 7) is 6.19. The number of benzene rings is 3. The van der Waals surface area contributed by atoms with Crippen LogP contribution in [0.3, 0.4) is 0 Å². The zero-order chi connectivity index (χ0) is 22.6.